The number of rotatable bonds is 4. The quantitative estimate of drug-likeness (QED) is 0.443. The minimum Gasteiger partial charge on any atom is -0.450 e. The molecule has 1 aliphatic carbocycles. The van der Waals surface area contributed by atoms with Crippen LogP contribution in [-0.2, 0) is 9.59 Å². The Bertz CT molecular complexity index is 1020. The first kappa shape index (κ1) is 18.6. The molecule has 2 aromatic carbocycles. The van der Waals surface area contributed by atoms with Gasteiger partial charge in [-0.25, -0.2) is 0 Å². The van der Waals surface area contributed by atoms with Crippen LogP contribution in [0.15, 0.2) is 42.5 Å². The van der Waals surface area contributed by atoms with Crippen molar-refractivity contribution in [2.75, 3.05) is 4.90 Å². The summed E-state index contributed by atoms with van der Waals surface area (Å²) < 4.78 is 5.60. The third-order valence-corrected chi connectivity index (χ3v) is 5.45. The van der Waals surface area contributed by atoms with Crippen LogP contribution in [0.1, 0.15) is 31.2 Å². The number of hydrogen-bond donors (Lipinski definition) is 0. The normalized spacial score (nSPS) is 20.9. The van der Waals surface area contributed by atoms with Crippen molar-refractivity contribution in [3.8, 4) is 17.6 Å². The fourth-order valence-corrected chi connectivity index (χ4v) is 4.02. The standard InChI is InChI=1S/C21H17N3O5/c22-12-13-5-10-19(18(11-13)24(27)28)29-15-8-6-14(7-9-15)23-20(25)16-3-1-2-4-17(16)21(23)26/h5-11,16-17H,1-4H2/t16-,17-/m0/s1. The fourth-order valence-electron chi connectivity index (χ4n) is 4.02. The van der Waals surface area contributed by atoms with Crippen molar-refractivity contribution in [3.05, 3.63) is 58.1 Å². The molecule has 1 aliphatic heterocycles. The zero-order chi connectivity index (χ0) is 20.5. The average molecular weight is 391 g/mol. The van der Waals surface area contributed by atoms with Gasteiger partial charge in [0.1, 0.15) is 5.75 Å². The highest BCUT2D eigenvalue weighted by Crippen LogP contribution is 2.40. The third-order valence-electron chi connectivity index (χ3n) is 5.45. The third kappa shape index (κ3) is 3.31. The molecule has 2 atom stereocenters. The van der Waals surface area contributed by atoms with Crippen LogP contribution in [-0.4, -0.2) is 16.7 Å². The smallest absolute Gasteiger partial charge is 0.312 e. The number of nitro groups is 1. The van der Waals surface area contributed by atoms with Gasteiger partial charge in [-0.1, -0.05) is 12.8 Å². The van der Waals surface area contributed by atoms with Crippen molar-refractivity contribution in [1.82, 2.24) is 0 Å². The molecular formula is C21H17N3O5. The Labute approximate surface area is 166 Å². The van der Waals surface area contributed by atoms with Crippen LogP contribution in [0.5, 0.6) is 11.5 Å². The van der Waals surface area contributed by atoms with E-state index in [-0.39, 0.29) is 40.7 Å². The largest absolute Gasteiger partial charge is 0.450 e. The molecule has 8 nitrogen and oxygen atoms in total. The fraction of sp³-hybridized carbons (Fsp3) is 0.286. The number of imide groups is 1. The maximum atomic E-state index is 12.7. The first-order chi connectivity index (χ1) is 14.0. The summed E-state index contributed by atoms with van der Waals surface area (Å²) in [6.07, 6.45) is 3.42. The summed E-state index contributed by atoms with van der Waals surface area (Å²) in [6.45, 7) is 0. The van der Waals surface area contributed by atoms with Crippen molar-refractivity contribution in [3.63, 3.8) is 0 Å². The number of carbonyl (C=O) groups excluding carboxylic acids is 2. The van der Waals surface area contributed by atoms with Crippen molar-refractivity contribution < 1.29 is 19.2 Å². The first-order valence-corrected chi connectivity index (χ1v) is 9.34. The highest BCUT2D eigenvalue weighted by Gasteiger charge is 2.48. The van der Waals surface area contributed by atoms with E-state index in [9.17, 15) is 19.7 Å². The molecule has 4 rings (SSSR count). The van der Waals surface area contributed by atoms with Gasteiger partial charge in [0.25, 0.3) is 0 Å². The maximum Gasteiger partial charge on any atom is 0.312 e. The molecule has 0 radical (unpaired) electrons. The predicted molar refractivity (Wildman–Crippen MR) is 102 cm³/mol. The Balaban J connectivity index is 1.56. The monoisotopic (exact) mass is 391 g/mol. The van der Waals surface area contributed by atoms with Crippen molar-refractivity contribution in [2.45, 2.75) is 25.7 Å². The van der Waals surface area contributed by atoms with Crippen LogP contribution in [0.3, 0.4) is 0 Å². The lowest BCUT2D eigenvalue weighted by Crippen LogP contribution is -2.30. The molecular weight excluding hydrogens is 374 g/mol. The molecule has 2 amide bonds. The summed E-state index contributed by atoms with van der Waals surface area (Å²) >= 11 is 0. The van der Waals surface area contributed by atoms with Crippen LogP contribution in [0.4, 0.5) is 11.4 Å². The Morgan fingerprint density at radius 3 is 2.21 bits per heavy atom. The topological polar surface area (TPSA) is 114 Å². The number of nitriles is 1. The number of fused-ring (bicyclic) bond motifs is 1. The van der Waals surface area contributed by atoms with Gasteiger partial charge in [-0.3, -0.25) is 24.6 Å². The van der Waals surface area contributed by atoms with Crippen LogP contribution < -0.4 is 9.64 Å². The minimum atomic E-state index is -0.617. The number of nitro benzene ring substituents is 1. The van der Waals surface area contributed by atoms with E-state index >= 15 is 0 Å². The van der Waals surface area contributed by atoms with Gasteiger partial charge in [-0.2, -0.15) is 5.26 Å². The highest BCUT2D eigenvalue weighted by atomic mass is 16.6. The van der Waals surface area contributed by atoms with Crippen molar-refractivity contribution in [1.29, 1.82) is 5.26 Å². The predicted octanol–water partition coefficient (Wildman–Crippen LogP) is 3.94. The number of nitrogens with zero attached hydrogens (tertiary/aromatic N) is 3. The van der Waals surface area contributed by atoms with Gasteiger partial charge >= 0.3 is 5.69 Å². The summed E-state index contributed by atoms with van der Waals surface area (Å²) in [5.74, 6) is -0.451. The van der Waals surface area contributed by atoms with Crippen LogP contribution in [0.2, 0.25) is 0 Å². The second-order valence-electron chi connectivity index (χ2n) is 7.16. The van der Waals surface area contributed by atoms with E-state index in [0.29, 0.717) is 11.4 Å². The van der Waals surface area contributed by atoms with E-state index in [1.165, 1.54) is 17.0 Å². The van der Waals surface area contributed by atoms with Gasteiger partial charge in [0, 0.05) is 6.07 Å². The van der Waals surface area contributed by atoms with Crippen LogP contribution >= 0.6 is 0 Å². The molecule has 2 aromatic rings. The number of amides is 2. The number of carbonyl (C=O) groups is 2. The van der Waals surface area contributed by atoms with Gasteiger partial charge in [-0.05, 0) is 49.2 Å². The highest BCUT2D eigenvalue weighted by molar-refractivity contribution is 6.22. The van der Waals surface area contributed by atoms with E-state index in [2.05, 4.69) is 0 Å². The lowest BCUT2D eigenvalue weighted by Gasteiger charge is -2.19. The Hall–Kier alpha value is -3.73. The molecule has 2 aliphatic rings. The zero-order valence-electron chi connectivity index (χ0n) is 15.4. The molecule has 8 heteroatoms. The second kappa shape index (κ2) is 7.36. The lowest BCUT2D eigenvalue weighted by molar-refractivity contribution is -0.385. The summed E-state index contributed by atoms with van der Waals surface area (Å²) in [4.78, 5) is 37.2. The Morgan fingerprint density at radius 2 is 1.66 bits per heavy atom. The molecule has 1 saturated heterocycles. The summed E-state index contributed by atoms with van der Waals surface area (Å²) in [5.41, 5.74) is 0.310. The van der Waals surface area contributed by atoms with Gasteiger partial charge in [0.15, 0.2) is 0 Å². The zero-order valence-corrected chi connectivity index (χ0v) is 15.4. The van der Waals surface area contributed by atoms with Crippen LogP contribution in [0, 0.1) is 33.3 Å². The molecule has 0 unspecified atom stereocenters. The number of hydrogen-bond acceptors (Lipinski definition) is 6. The second-order valence-corrected chi connectivity index (χ2v) is 7.16. The van der Waals surface area contributed by atoms with Crippen molar-refractivity contribution >= 4 is 23.2 Å². The number of ether oxygens (including phenoxy) is 1. The van der Waals surface area contributed by atoms with Gasteiger partial charge in [-0.15, -0.1) is 0 Å². The molecule has 0 aromatic heterocycles. The molecule has 1 saturated carbocycles. The lowest BCUT2D eigenvalue weighted by atomic mass is 9.81. The molecule has 0 spiro atoms. The van der Waals surface area contributed by atoms with Gasteiger partial charge < -0.3 is 4.74 Å². The molecule has 0 N–H and O–H groups in total. The van der Waals surface area contributed by atoms with Crippen molar-refractivity contribution in [2.24, 2.45) is 11.8 Å². The Morgan fingerprint density at radius 1 is 1.03 bits per heavy atom. The molecule has 2 fully saturated rings. The number of benzene rings is 2. The van der Waals surface area contributed by atoms with Gasteiger partial charge in [0.05, 0.1) is 34.1 Å². The summed E-state index contributed by atoms with van der Waals surface area (Å²) in [5, 5.41) is 20.1. The number of anilines is 1. The SMILES string of the molecule is N#Cc1ccc(Oc2ccc(N3C(=O)[C@H]4CCCC[C@@H]4C3=O)cc2)c([N+](=O)[O-])c1. The summed E-state index contributed by atoms with van der Waals surface area (Å²) in [7, 11) is 0. The van der Waals surface area contributed by atoms with E-state index in [4.69, 9.17) is 10.00 Å². The van der Waals surface area contributed by atoms with E-state index < -0.39 is 4.92 Å². The molecule has 29 heavy (non-hydrogen) atoms. The minimum absolute atomic E-state index is 0.00101. The Kier molecular flexibility index (Phi) is 4.72. The average Bonchev–Trinajstić information content (AvgIpc) is 2.99. The molecule has 146 valence electrons. The van der Waals surface area contributed by atoms with Gasteiger partial charge in [0.2, 0.25) is 17.6 Å². The van der Waals surface area contributed by atoms with E-state index in [0.717, 1.165) is 31.7 Å². The maximum absolute atomic E-state index is 12.7. The van der Waals surface area contributed by atoms with E-state index in [1.807, 2.05) is 6.07 Å². The molecule has 0 bridgehead atoms. The van der Waals surface area contributed by atoms with E-state index in [1.54, 1.807) is 24.3 Å². The van der Waals surface area contributed by atoms with Crippen LogP contribution in [0.25, 0.3) is 0 Å². The first-order valence-electron chi connectivity index (χ1n) is 9.34. The molecule has 1 heterocycles. The summed E-state index contributed by atoms with van der Waals surface area (Å²) in [6, 6.07) is 12.1.